The molecule has 2 aliphatic rings. The van der Waals surface area contributed by atoms with Gasteiger partial charge in [0.1, 0.15) is 0 Å². The zero-order chi connectivity index (χ0) is 12.5. The van der Waals surface area contributed by atoms with Crippen LogP contribution in [0, 0.1) is 0 Å². The summed E-state index contributed by atoms with van der Waals surface area (Å²) in [4.78, 5) is 11.8. The number of ether oxygens (including phenoxy) is 1. The fourth-order valence-electron chi connectivity index (χ4n) is 2.59. The van der Waals surface area contributed by atoms with Crippen LogP contribution in [-0.4, -0.2) is 11.2 Å². The maximum absolute atomic E-state index is 11.8. The fraction of sp³-hybridized carbons (Fsp3) is 0.615. The molecule has 1 aliphatic heterocycles. The number of pyridine rings is 1. The SMILES string of the molecule is O=c1ccc(C2C[CH]([Zn+][Br])CCO2)cn1C1CC1. The van der Waals surface area contributed by atoms with Crippen molar-refractivity contribution in [2.75, 3.05) is 6.61 Å². The van der Waals surface area contributed by atoms with Gasteiger partial charge < -0.3 is 0 Å². The van der Waals surface area contributed by atoms with Gasteiger partial charge in [0, 0.05) is 0 Å². The molecule has 3 nitrogen and oxygen atoms in total. The van der Waals surface area contributed by atoms with Crippen LogP contribution in [0.4, 0.5) is 0 Å². The van der Waals surface area contributed by atoms with Gasteiger partial charge >= 0.3 is 121 Å². The Kier molecular flexibility index (Phi) is 4.02. The van der Waals surface area contributed by atoms with Crippen molar-refractivity contribution in [2.45, 2.75) is 42.3 Å². The van der Waals surface area contributed by atoms with Crippen molar-refractivity contribution in [2.24, 2.45) is 0 Å². The first kappa shape index (κ1) is 13.0. The predicted octanol–water partition coefficient (Wildman–Crippen LogP) is 3.22. The molecule has 3 rings (SSSR count). The van der Waals surface area contributed by atoms with E-state index in [-0.39, 0.29) is 11.7 Å². The molecule has 0 spiro atoms. The minimum atomic E-state index is -0.532. The summed E-state index contributed by atoms with van der Waals surface area (Å²) in [5.41, 5.74) is 1.32. The van der Waals surface area contributed by atoms with Gasteiger partial charge in [-0.3, -0.25) is 0 Å². The molecule has 1 aromatic heterocycles. The van der Waals surface area contributed by atoms with Crippen molar-refractivity contribution in [3.05, 3.63) is 34.2 Å². The topological polar surface area (TPSA) is 31.2 Å². The molecule has 1 saturated carbocycles. The molecule has 0 amide bonds. The molecule has 18 heavy (non-hydrogen) atoms. The zero-order valence-electron chi connectivity index (χ0n) is 10.3. The molecule has 0 N–H and O–H groups in total. The van der Waals surface area contributed by atoms with Crippen LogP contribution in [-0.2, 0) is 19.9 Å². The van der Waals surface area contributed by atoms with E-state index in [1.54, 1.807) is 6.07 Å². The second-order valence-corrected chi connectivity index (χ2v) is 11.8. The van der Waals surface area contributed by atoms with E-state index in [1.165, 1.54) is 12.0 Å². The molecule has 2 unspecified atom stereocenters. The normalized spacial score (nSPS) is 27.8. The van der Waals surface area contributed by atoms with Crippen LogP contribution < -0.4 is 5.56 Å². The average molecular weight is 364 g/mol. The van der Waals surface area contributed by atoms with E-state index in [4.69, 9.17) is 4.74 Å². The minimum absolute atomic E-state index is 0.131. The molecule has 5 heteroatoms. The second kappa shape index (κ2) is 5.56. The Bertz CT molecular complexity index is 486. The fourth-order valence-corrected chi connectivity index (χ4v) is 7.22. The van der Waals surface area contributed by atoms with E-state index in [1.807, 2.05) is 16.8 Å². The van der Waals surface area contributed by atoms with Gasteiger partial charge in [-0.15, -0.1) is 0 Å². The first-order chi connectivity index (χ1) is 8.78. The maximum atomic E-state index is 11.8. The summed E-state index contributed by atoms with van der Waals surface area (Å²) < 4.78 is 8.66. The Hall–Kier alpha value is 0.0134. The van der Waals surface area contributed by atoms with Crippen molar-refractivity contribution >= 4 is 13.6 Å². The number of halogens is 1. The third-order valence-corrected chi connectivity index (χ3v) is 11.1. The van der Waals surface area contributed by atoms with Crippen molar-refractivity contribution < 1.29 is 19.9 Å². The predicted molar refractivity (Wildman–Crippen MR) is 69.6 cm³/mol. The molecule has 0 bridgehead atoms. The Labute approximate surface area is 121 Å². The number of nitrogens with zero attached hydrogens (tertiary/aromatic N) is 1. The van der Waals surface area contributed by atoms with Gasteiger partial charge in [-0.25, -0.2) is 0 Å². The number of hydrogen-bond donors (Lipinski definition) is 0. The van der Waals surface area contributed by atoms with E-state index in [0.29, 0.717) is 6.04 Å². The van der Waals surface area contributed by atoms with Gasteiger partial charge in [-0.2, -0.15) is 0 Å². The molecule has 2 atom stereocenters. The summed E-state index contributed by atoms with van der Waals surface area (Å²) in [7, 11) is 0. The van der Waals surface area contributed by atoms with Gasteiger partial charge in [0.2, 0.25) is 0 Å². The first-order valence-electron chi connectivity index (χ1n) is 6.67. The zero-order valence-corrected chi connectivity index (χ0v) is 14.9. The Balaban J connectivity index is 1.82. The molecular formula is C13H16BrNO2Zn+. The van der Waals surface area contributed by atoms with Crippen LogP contribution in [0.2, 0.25) is 4.51 Å². The van der Waals surface area contributed by atoms with Crippen LogP contribution in [0.3, 0.4) is 0 Å². The number of rotatable bonds is 3. The molecule has 2 fully saturated rings. The Morgan fingerprint density at radius 3 is 2.89 bits per heavy atom. The summed E-state index contributed by atoms with van der Waals surface area (Å²) >= 11 is 3.21. The average Bonchev–Trinajstić information content (AvgIpc) is 3.24. The van der Waals surface area contributed by atoms with Crippen molar-refractivity contribution in [3.63, 3.8) is 0 Å². The first-order valence-corrected chi connectivity index (χ1v) is 15.3. The standard InChI is InChI=1S/C13H16NO2.BrH.Zn/c15-13-7-4-10(9-14(13)11-5-6-11)12-3-1-2-8-16-12;;/h1,4,7,9,11-12H,2-3,5-6,8H2;1H;/q;;+2/p-1. The van der Waals surface area contributed by atoms with Crippen LogP contribution in [0.15, 0.2) is 23.1 Å². The molecule has 1 aromatic rings. The van der Waals surface area contributed by atoms with Crippen LogP contribution in [0.25, 0.3) is 0 Å². The number of hydrogen-bond acceptors (Lipinski definition) is 2. The Morgan fingerprint density at radius 2 is 2.17 bits per heavy atom. The van der Waals surface area contributed by atoms with E-state index in [2.05, 4.69) is 13.6 Å². The number of aromatic nitrogens is 1. The van der Waals surface area contributed by atoms with E-state index in [0.717, 1.165) is 30.4 Å². The van der Waals surface area contributed by atoms with E-state index < -0.39 is 15.2 Å². The summed E-state index contributed by atoms with van der Waals surface area (Å²) in [6.07, 6.45) is 6.88. The van der Waals surface area contributed by atoms with E-state index in [9.17, 15) is 4.79 Å². The van der Waals surface area contributed by atoms with Crippen LogP contribution in [0.1, 0.15) is 43.4 Å². The van der Waals surface area contributed by atoms with E-state index >= 15 is 0 Å². The van der Waals surface area contributed by atoms with Crippen LogP contribution in [0.5, 0.6) is 0 Å². The third kappa shape index (κ3) is 2.78. The molecule has 1 aliphatic carbocycles. The van der Waals surface area contributed by atoms with Crippen molar-refractivity contribution in [3.8, 4) is 0 Å². The van der Waals surface area contributed by atoms with Gasteiger partial charge in [0.05, 0.1) is 0 Å². The quantitative estimate of drug-likeness (QED) is 0.772. The van der Waals surface area contributed by atoms with Gasteiger partial charge in [-0.05, 0) is 0 Å². The molecule has 0 aromatic carbocycles. The molecule has 93 valence electrons. The molecule has 2 heterocycles. The Morgan fingerprint density at radius 1 is 1.33 bits per heavy atom. The van der Waals surface area contributed by atoms with Gasteiger partial charge in [0.25, 0.3) is 0 Å². The molecular weight excluding hydrogens is 347 g/mol. The van der Waals surface area contributed by atoms with Crippen molar-refractivity contribution in [1.82, 2.24) is 4.57 Å². The van der Waals surface area contributed by atoms with Gasteiger partial charge in [0.15, 0.2) is 0 Å². The summed E-state index contributed by atoms with van der Waals surface area (Å²) in [5, 5.41) is 0. The molecule has 0 radical (unpaired) electrons. The monoisotopic (exact) mass is 361 g/mol. The van der Waals surface area contributed by atoms with Crippen LogP contribution >= 0.6 is 13.6 Å². The third-order valence-electron chi connectivity index (χ3n) is 3.88. The summed E-state index contributed by atoms with van der Waals surface area (Å²) in [6.45, 7) is 0.870. The van der Waals surface area contributed by atoms with Crippen molar-refractivity contribution in [1.29, 1.82) is 0 Å². The molecule has 1 saturated heterocycles. The van der Waals surface area contributed by atoms with Gasteiger partial charge in [-0.1, -0.05) is 0 Å². The second-order valence-electron chi connectivity index (χ2n) is 5.34. The summed E-state index contributed by atoms with van der Waals surface area (Å²) in [5.74, 6) is 0. The summed E-state index contributed by atoms with van der Waals surface area (Å²) in [6, 6.07) is 4.11.